The highest BCUT2D eigenvalue weighted by molar-refractivity contribution is 7.84. The quantitative estimate of drug-likeness (QED) is 0.805. The Morgan fingerprint density at radius 3 is 2.65 bits per heavy atom. The summed E-state index contributed by atoms with van der Waals surface area (Å²) in [6.45, 7) is 1.94. The first-order valence-electron chi connectivity index (χ1n) is 5.29. The summed E-state index contributed by atoms with van der Waals surface area (Å²) in [5.41, 5.74) is 1.01. The molecule has 0 saturated carbocycles. The first-order valence-corrected chi connectivity index (χ1v) is 6.78. The maximum absolute atomic E-state index is 11.5. The predicted octanol–water partition coefficient (Wildman–Crippen LogP) is 1.63. The van der Waals surface area contributed by atoms with Gasteiger partial charge in [-0.25, -0.2) is 0 Å². The lowest BCUT2D eigenvalue weighted by Gasteiger charge is -2.07. The second kappa shape index (κ2) is 7.19. The van der Waals surface area contributed by atoms with Crippen LogP contribution in [-0.4, -0.2) is 27.0 Å². The van der Waals surface area contributed by atoms with Crippen LogP contribution in [0.2, 0.25) is 0 Å². The number of rotatable bonds is 7. The molecule has 0 amide bonds. The molecule has 5 heteroatoms. The Morgan fingerprint density at radius 1 is 1.41 bits per heavy atom. The average Bonchev–Trinajstić information content (AvgIpc) is 2.30. The molecule has 2 atom stereocenters. The second-order valence-electron chi connectivity index (χ2n) is 3.80. The van der Waals surface area contributed by atoms with Crippen molar-refractivity contribution in [2.45, 2.75) is 13.5 Å². The number of hydrogen-bond acceptors (Lipinski definition) is 3. The summed E-state index contributed by atoms with van der Waals surface area (Å²) in [6.07, 6.45) is 0. The van der Waals surface area contributed by atoms with Crippen molar-refractivity contribution in [1.29, 1.82) is 0 Å². The third kappa shape index (κ3) is 5.60. The molecule has 1 aromatic carbocycles. The average molecular weight is 256 g/mol. The number of carbonyl (C=O) groups is 1. The van der Waals surface area contributed by atoms with Gasteiger partial charge in [0.15, 0.2) is 0 Å². The first kappa shape index (κ1) is 13.9. The predicted molar refractivity (Wildman–Crippen MR) is 65.9 cm³/mol. The molecule has 0 heterocycles. The number of carboxylic acids is 1. The Morgan fingerprint density at radius 2 is 2.06 bits per heavy atom. The normalized spacial score (nSPS) is 14.2. The van der Waals surface area contributed by atoms with E-state index >= 15 is 0 Å². The van der Waals surface area contributed by atoms with Gasteiger partial charge in [-0.2, -0.15) is 0 Å². The van der Waals surface area contributed by atoms with Crippen LogP contribution < -0.4 is 0 Å². The Hall–Kier alpha value is -1.20. The van der Waals surface area contributed by atoms with Crippen LogP contribution in [0, 0.1) is 5.92 Å². The van der Waals surface area contributed by atoms with Gasteiger partial charge >= 0.3 is 5.97 Å². The van der Waals surface area contributed by atoms with Crippen molar-refractivity contribution in [2.75, 3.05) is 11.7 Å². The van der Waals surface area contributed by atoms with Gasteiger partial charge in [-0.15, -0.1) is 0 Å². The van der Waals surface area contributed by atoms with Crippen LogP contribution >= 0.6 is 0 Å². The standard InChI is InChI=1S/C12H16O4S/c1-10(12(13)14)8-17(15)9-16-7-11-5-3-2-4-6-11/h2-6,10H,7-9H2,1H3,(H,13,14). The van der Waals surface area contributed by atoms with Gasteiger partial charge < -0.3 is 9.84 Å². The summed E-state index contributed by atoms with van der Waals surface area (Å²) in [7, 11) is -1.25. The van der Waals surface area contributed by atoms with E-state index in [2.05, 4.69) is 0 Å². The van der Waals surface area contributed by atoms with E-state index in [-0.39, 0.29) is 11.7 Å². The van der Waals surface area contributed by atoms with Gasteiger partial charge in [0.2, 0.25) is 0 Å². The van der Waals surface area contributed by atoms with E-state index in [1.165, 1.54) is 6.92 Å². The minimum absolute atomic E-state index is 0.0759. The van der Waals surface area contributed by atoms with E-state index in [0.717, 1.165) is 5.56 Å². The van der Waals surface area contributed by atoms with Crippen LogP contribution in [0.5, 0.6) is 0 Å². The van der Waals surface area contributed by atoms with E-state index in [1.54, 1.807) is 0 Å². The second-order valence-corrected chi connectivity index (χ2v) is 5.25. The zero-order chi connectivity index (χ0) is 12.7. The van der Waals surface area contributed by atoms with Crippen LogP contribution in [0.1, 0.15) is 12.5 Å². The fraction of sp³-hybridized carbons (Fsp3) is 0.417. The molecule has 2 unspecified atom stereocenters. The van der Waals surface area contributed by atoms with Crippen molar-refractivity contribution in [3.8, 4) is 0 Å². The fourth-order valence-electron chi connectivity index (χ4n) is 1.22. The lowest BCUT2D eigenvalue weighted by molar-refractivity contribution is -0.140. The number of ether oxygens (including phenoxy) is 1. The van der Waals surface area contributed by atoms with Crippen LogP contribution in [0.3, 0.4) is 0 Å². The molecular formula is C12H16O4S. The van der Waals surface area contributed by atoms with Crippen molar-refractivity contribution in [3.05, 3.63) is 35.9 Å². The minimum Gasteiger partial charge on any atom is -0.481 e. The highest BCUT2D eigenvalue weighted by Gasteiger charge is 2.14. The van der Waals surface area contributed by atoms with Gasteiger partial charge in [0.25, 0.3) is 0 Å². The molecule has 0 spiro atoms. The highest BCUT2D eigenvalue weighted by atomic mass is 32.2. The van der Waals surface area contributed by atoms with E-state index in [9.17, 15) is 9.00 Å². The SMILES string of the molecule is CC(CS(=O)COCc1ccccc1)C(=O)O. The number of hydrogen-bond donors (Lipinski definition) is 1. The van der Waals surface area contributed by atoms with Crippen molar-refractivity contribution < 1.29 is 18.8 Å². The van der Waals surface area contributed by atoms with E-state index < -0.39 is 22.7 Å². The molecule has 0 saturated heterocycles. The molecule has 0 bridgehead atoms. The van der Waals surface area contributed by atoms with Gasteiger partial charge in [-0.05, 0) is 5.56 Å². The summed E-state index contributed by atoms with van der Waals surface area (Å²) in [6, 6.07) is 9.56. The molecule has 94 valence electrons. The van der Waals surface area contributed by atoms with Crippen molar-refractivity contribution in [1.82, 2.24) is 0 Å². The third-order valence-electron chi connectivity index (χ3n) is 2.18. The van der Waals surface area contributed by atoms with Gasteiger partial charge in [0.05, 0.1) is 12.5 Å². The van der Waals surface area contributed by atoms with Crippen LogP contribution in [0.15, 0.2) is 30.3 Å². The van der Waals surface area contributed by atoms with Crippen LogP contribution in [0.4, 0.5) is 0 Å². The number of benzene rings is 1. The summed E-state index contributed by atoms with van der Waals surface area (Å²) < 4.78 is 16.7. The number of carboxylic acid groups (broad SMARTS) is 1. The first-order chi connectivity index (χ1) is 8.09. The zero-order valence-electron chi connectivity index (χ0n) is 9.67. The van der Waals surface area contributed by atoms with Gasteiger partial charge in [-0.3, -0.25) is 9.00 Å². The largest absolute Gasteiger partial charge is 0.481 e. The Bertz CT molecular complexity index is 377. The Labute approximate surface area is 103 Å². The van der Waals surface area contributed by atoms with E-state index in [1.807, 2.05) is 30.3 Å². The molecule has 1 N–H and O–H groups in total. The molecular weight excluding hydrogens is 240 g/mol. The molecule has 0 aliphatic heterocycles. The molecule has 17 heavy (non-hydrogen) atoms. The number of aliphatic carboxylic acids is 1. The summed E-state index contributed by atoms with van der Waals surface area (Å²) >= 11 is 0. The van der Waals surface area contributed by atoms with Crippen molar-refractivity contribution in [3.63, 3.8) is 0 Å². The molecule has 0 aromatic heterocycles. The third-order valence-corrected chi connectivity index (χ3v) is 3.49. The summed E-state index contributed by atoms with van der Waals surface area (Å²) in [5.74, 6) is -1.33. The zero-order valence-corrected chi connectivity index (χ0v) is 10.5. The maximum atomic E-state index is 11.5. The topological polar surface area (TPSA) is 63.6 Å². The molecule has 0 aliphatic carbocycles. The lowest BCUT2D eigenvalue weighted by atomic mass is 10.2. The van der Waals surface area contributed by atoms with Gasteiger partial charge in [0, 0.05) is 16.6 Å². The fourth-order valence-corrected chi connectivity index (χ4v) is 2.29. The molecule has 0 aliphatic rings. The Balaban J connectivity index is 2.23. The summed E-state index contributed by atoms with van der Waals surface area (Å²) in [5, 5.41) is 8.66. The van der Waals surface area contributed by atoms with Crippen LogP contribution in [-0.2, 0) is 26.9 Å². The maximum Gasteiger partial charge on any atom is 0.307 e. The Kier molecular flexibility index (Phi) is 5.86. The highest BCUT2D eigenvalue weighted by Crippen LogP contribution is 2.03. The lowest BCUT2D eigenvalue weighted by Crippen LogP contribution is -2.19. The van der Waals surface area contributed by atoms with Gasteiger partial charge in [0.1, 0.15) is 5.94 Å². The molecule has 0 radical (unpaired) electrons. The minimum atomic E-state index is -1.25. The smallest absolute Gasteiger partial charge is 0.307 e. The molecule has 1 aromatic rings. The van der Waals surface area contributed by atoms with Gasteiger partial charge in [-0.1, -0.05) is 37.3 Å². The monoisotopic (exact) mass is 256 g/mol. The van der Waals surface area contributed by atoms with Crippen molar-refractivity contribution in [2.24, 2.45) is 5.92 Å². The molecule has 0 fully saturated rings. The van der Waals surface area contributed by atoms with Crippen LogP contribution in [0.25, 0.3) is 0 Å². The molecule has 4 nitrogen and oxygen atoms in total. The summed E-state index contributed by atoms with van der Waals surface area (Å²) in [4.78, 5) is 10.6. The van der Waals surface area contributed by atoms with E-state index in [0.29, 0.717) is 6.61 Å². The van der Waals surface area contributed by atoms with E-state index in [4.69, 9.17) is 9.84 Å². The molecule has 1 rings (SSSR count). The van der Waals surface area contributed by atoms with Crippen molar-refractivity contribution >= 4 is 16.8 Å².